The average Bonchev–Trinajstić information content (AvgIpc) is 2.65. The first-order valence-corrected chi connectivity index (χ1v) is 14.4. The van der Waals surface area contributed by atoms with Gasteiger partial charge >= 0.3 is 131 Å². The Bertz CT molecular complexity index is 580. The van der Waals surface area contributed by atoms with Crippen molar-refractivity contribution in [3.05, 3.63) is 0 Å². The summed E-state index contributed by atoms with van der Waals surface area (Å²) in [6.45, 7) is 25.7. The predicted molar refractivity (Wildman–Crippen MR) is 137 cm³/mol. The predicted octanol–water partition coefficient (Wildman–Crippen LogP) is 3.78. The van der Waals surface area contributed by atoms with Gasteiger partial charge in [0.2, 0.25) is 0 Å². The maximum absolute atomic E-state index is 10.4. The van der Waals surface area contributed by atoms with E-state index in [4.69, 9.17) is 6.64 Å². The average molecular weight is 565 g/mol. The minimum Gasteiger partial charge on any atom is -0.549 e. The fourth-order valence-electron chi connectivity index (χ4n) is 3.84. The second-order valence-electron chi connectivity index (χ2n) is 12.2. The van der Waals surface area contributed by atoms with Gasteiger partial charge in [-0.2, -0.15) is 0 Å². The number of hydrogen-bond acceptors (Lipinski definition) is 8. The largest absolute Gasteiger partial charge is 0.549 e. The van der Waals surface area contributed by atoms with E-state index in [0.717, 1.165) is 13.2 Å². The van der Waals surface area contributed by atoms with Crippen LogP contribution in [0.25, 0.3) is 0 Å². The van der Waals surface area contributed by atoms with Gasteiger partial charge in [-0.3, -0.25) is 9.59 Å². The fourth-order valence-corrected chi connectivity index (χ4v) is 5.07. The molecule has 0 rings (SSSR count). The Morgan fingerprint density at radius 1 is 0.676 bits per heavy atom. The van der Waals surface area contributed by atoms with Gasteiger partial charge in [-0.05, 0) is 26.7 Å². The molecule has 0 aromatic rings. The van der Waals surface area contributed by atoms with E-state index in [1.54, 1.807) is 13.8 Å². The maximum Gasteiger partial charge on any atom is 0.138 e. The zero-order chi connectivity index (χ0) is 30.0. The number of carboxylic acid groups (broad SMARTS) is 2. The third-order valence-electron chi connectivity index (χ3n) is 5.14. The van der Waals surface area contributed by atoms with E-state index in [0.29, 0.717) is 35.5 Å². The molecule has 0 heterocycles. The molecule has 0 saturated heterocycles. The Labute approximate surface area is 235 Å². The standard InChI is InChI=1S/2C8H17O.2C6H10O3.Ti/c2*1-7(6-9)5-8(2,3)4;2*1-3-5(4(2)7)6(8)9;/h2*7H,5-6H2,1-4H3;2*5H,3H2,1-2H3,(H,8,9);/q2*-1;;;+4/p-2. The van der Waals surface area contributed by atoms with Crippen molar-refractivity contribution in [3.8, 4) is 0 Å². The second kappa shape index (κ2) is 20.8. The number of aliphatic carboxylic acids is 2. The molecule has 0 aromatic carbocycles. The van der Waals surface area contributed by atoms with Crippen LogP contribution < -0.4 is 10.2 Å². The molecule has 0 spiro atoms. The van der Waals surface area contributed by atoms with Crippen molar-refractivity contribution < 1.29 is 56.0 Å². The summed E-state index contributed by atoms with van der Waals surface area (Å²) in [4.78, 5) is 40.9. The number of carbonyl (C=O) groups is 4. The van der Waals surface area contributed by atoms with Crippen LogP contribution in [0.1, 0.15) is 109 Å². The van der Waals surface area contributed by atoms with Crippen LogP contribution in [0.15, 0.2) is 0 Å². The third kappa shape index (κ3) is 27.8. The Balaban J connectivity index is -0.000000534. The number of Topliss-reactive ketones (excluding diaryl/α,β-unsaturated/α-hetero) is 2. The van der Waals surface area contributed by atoms with Gasteiger partial charge in [0, 0.05) is 0 Å². The topological polar surface area (TPSA) is 133 Å². The van der Waals surface area contributed by atoms with E-state index in [-0.39, 0.29) is 11.6 Å². The Kier molecular flexibility index (Phi) is 22.7. The van der Waals surface area contributed by atoms with Gasteiger partial charge in [0.1, 0.15) is 11.6 Å². The first-order valence-electron chi connectivity index (χ1n) is 13.1. The summed E-state index contributed by atoms with van der Waals surface area (Å²) in [6.07, 6.45) is 3.05. The molecule has 0 radical (unpaired) electrons. The van der Waals surface area contributed by atoms with E-state index < -0.39 is 43.7 Å². The Morgan fingerprint density at radius 2 is 0.946 bits per heavy atom. The summed E-state index contributed by atoms with van der Waals surface area (Å²) in [5.74, 6) is -3.79. The van der Waals surface area contributed by atoms with Crippen molar-refractivity contribution in [2.75, 3.05) is 13.2 Å². The van der Waals surface area contributed by atoms with Crippen molar-refractivity contribution in [1.29, 1.82) is 0 Å². The van der Waals surface area contributed by atoms with Crippen molar-refractivity contribution in [3.63, 3.8) is 0 Å². The van der Waals surface area contributed by atoms with Gasteiger partial charge in [-0.15, -0.1) is 0 Å². The van der Waals surface area contributed by atoms with E-state index >= 15 is 0 Å². The van der Waals surface area contributed by atoms with Crippen LogP contribution in [-0.2, 0) is 45.7 Å². The third-order valence-corrected chi connectivity index (χ3v) is 6.03. The maximum atomic E-state index is 10.4. The van der Waals surface area contributed by atoms with E-state index in [2.05, 4.69) is 55.4 Å². The molecule has 0 aliphatic heterocycles. The molecule has 0 aliphatic rings. The van der Waals surface area contributed by atoms with Crippen LogP contribution in [-0.4, -0.2) is 36.7 Å². The molecule has 4 atom stereocenters. The molecule has 0 amide bonds. The molecule has 0 aliphatic carbocycles. The normalized spacial score (nSPS) is 14.4. The molecule has 0 fully saturated rings. The molecule has 9 heteroatoms. The number of carbonyl (C=O) groups excluding carboxylic acids is 4. The summed E-state index contributed by atoms with van der Waals surface area (Å²) in [7, 11) is 0. The van der Waals surface area contributed by atoms with Crippen molar-refractivity contribution in [2.45, 2.75) is 109 Å². The van der Waals surface area contributed by atoms with Crippen molar-refractivity contribution >= 4 is 23.5 Å². The van der Waals surface area contributed by atoms with Gasteiger partial charge in [0.05, 0.1) is 23.8 Å². The summed E-state index contributed by atoms with van der Waals surface area (Å²) >= 11 is -0.659. The molecule has 0 aromatic heterocycles. The summed E-state index contributed by atoms with van der Waals surface area (Å²) < 4.78 is 11.4. The SMILES string of the molecule is CC(C[O][Ti+2][O]CC(C)CC(C)(C)C)CC(C)(C)C.CCC(C(C)=O)C(=O)[O-].CCC(C(C)=O)C(=O)[O-]. The minimum atomic E-state index is -1.27. The van der Waals surface area contributed by atoms with E-state index in [1.807, 2.05) is 0 Å². The number of carboxylic acids is 2. The van der Waals surface area contributed by atoms with Crippen LogP contribution >= 0.6 is 0 Å². The molecular weight excluding hydrogens is 512 g/mol. The molecule has 0 N–H and O–H groups in total. The van der Waals surface area contributed by atoms with Gasteiger partial charge in [-0.25, -0.2) is 0 Å². The number of hydrogen-bond donors (Lipinski definition) is 0. The van der Waals surface area contributed by atoms with E-state index in [1.165, 1.54) is 26.7 Å². The van der Waals surface area contributed by atoms with Crippen molar-refractivity contribution in [2.24, 2.45) is 34.5 Å². The zero-order valence-electron chi connectivity index (χ0n) is 25.3. The molecule has 4 unspecified atom stereocenters. The Morgan fingerprint density at radius 3 is 1.08 bits per heavy atom. The van der Waals surface area contributed by atoms with Crippen molar-refractivity contribution in [1.82, 2.24) is 0 Å². The van der Waals surface area contributed by atoms with Crippen LogP contribution in [0.4, 0.5) is 0 Å². The van der Waals surface area contributed by atoms with Gasteiger partial charge in [-0.1, -0.05) is 13.8 Å². The monoisotopic (exact) mass is 564 g/mol. The molecule has 0 saturated carbocycles. The van der Waals surface area contributed by atoms with Crippen LogP contribution in [0.5, 0.6) is 0 Å². The molecule has 0 bridgehead atoms. The first kappa shape index (κ1) is 40.4. The summed E-state index contributed by atoms with van der Waals surface area (Å²) in [5, 5.41) is 20.1. The summed E-state index contributed by atoms with van der Waals surface area (Å²) in [6, 6.07) is 0. The second-order valence-corrected chi connectivity index (χ2v) is 13.4. The molecule has 8 nitrogen and oxygen atoms in total. The minimum absolute atomic E-state index is 0.317. The molecule has 216 valence electrons. The molecular formula is C28H52O8Ti. The van der Waals surface area contributed by atoms with Crippen LogP contribution in [0.2, 0.25) is 0 Å². The Hall–Kier alpha value is -1.09. The summed E-state index contributed by atoms with van der Waals surface area (Å²) in [5.41, 5.74) is 0.787. The first-order chi connectivity index (χ1) is 16.7. The van der Waals surface area contributed by atoms with Crippen LogP contribution in [0.3, 0.4) is 0 Å². The van der Waals surface area contributed by atoms with Gasteiger partial charge < -0.3 is 19.8 Å². The van der Waals surface area contributed by atoms with Gasteiger partial charge in [0.25, 0.3) is 0 Å². The number of ketones is 2. The smallest absolute Gasteiger partial charge is 0.138 e. The van der Waals surface area contributed by atoms with E-state index in [9.17, 15) is 29.4 Å². The fraction of sp³-hybridized carbons (Fsp3) is 0.857. The zero-order valence-corrected chi connectivity index (χ0v) is 26.9. The van der Waals surface area contributed by atoms with Gasteiger partial charge in [0.15, 0.2) is 0 Å². The quantitative estimate of drug-likeness (QED) is 0.177. The van der Waals surface area contributed by atoms with Crippen LogP contribution in [0, 0.1) is 34.5 Å². The number of rotatable bonds is 14. The molecule has 37 heavy (non-hydrogen) atoms.